The second-order valence-corrected chi connectivity index (χ2v) is 8.28. The third kappa shape index (κ3) is 3.22. The molecule has 3 aromatic rings. The predicted octanol–water partition coefficient (Wildman–Crippen LogP) is 5.27. The molecule has 144 valence electrons. The SMILES string of the molecule is CCC(N1c2ccccc2Oc2cccc(-c3cccc(Cl)n3)c21)S(=O)(=O)O. The highest BCUT2D eigenvalue weighted by Gasteiger charge is 2.37. The number of fused-ring (bicyclic) bond motifs is 2. The Morgan fingerprint density at radius 3 is 2.50 bits per heavy atom. The van der Waals surface area contributed by atoms with Crippen LogP contribution in [0.5, 0.6) is 11.5 Å². The molecule has 2 aromatic carbocycles. The summed E-state index contributed by atoms with van der Waals surface area (Å²) in [5.41, 5.74) is 2.29. The third-order valence-corrected chi connectivity index (χ3v) is 6.00. The molecule has 28 heavy (non-hydrogen) atoms. The van der Waals surface area contributed by atoms with Crippen LogP contribution in [0.15, 0.2) is 60.7 Å². The molecule has 8 heteroatoms. The van der Waals surface area contributed by atoms with E-state index in [1.54, 1.807) is 66.4 Å². The molecule has 4 rings (SSSR count). The summed E-state index contributed by atoms with van der Waals surface area (Å²) in [5.74, 6) is 0.980. The van der Waals surface area contributed by atoms with Gasteiger partial charge in [0.2, 0.25) is 0 Å². The molecule has 0 aliphatic carbocycles. The maximum absolute atomic E-state index is 12.2. The van der Waals surface area contributed by atoms with Crippen LogP contribution < -0.4 is 9.64 Å². The lowest BCUT2D eigenvalue weighted by molar-refractivity contribution is 0.452. The van der Waals surface area contributed by atoms with Gasteiger partial charge >= 0.3 is 0 Å². The zero-order valence-electron chi connectivity index (χ0n) is 14.9. The third-order valence-electron chi connectivity index (χ3n) is 4.56. The Balaban J connectivity index is 2.02. The van der Waals surface area contributed by atoms with Crippen molar-refractivity contribution in [1.29, 1.82) is 0 Å². The molecule has 0 bridgehead atoms. The molecule has 1 N–H and O–H groups in total. The second kappa shape index (κ2) is 7.09. The lowest BCUT2D eigenvalue weighted by atomic mass is 10.0. The van der Waals surface area contributed by atoms with Crippen LogP contribution >= 0.6 is 11.6 Å². The van der Waals surface area contributed by atoms with Crippen molar-refractivity contribution in [1.82, 2.24) is 4.98 Å². The van der Waals surface area contributed by atoms with Crippen molar-refractivity contribution >= 4 is 33.1 Å². The van der Waals surface area contributed by atoms with E-state index in [-0.39, 0.29) is 6.42 Å². The number of benzene rings is 2. The van der Waals surface area contributed by atoms with E-state index in [1.807, 2.05) is 6.07 Å². The predicted molar refractivity (Wildman–Crippen MR) is 109 cm³/mol. The Labute approximate surface area is 168 Å². The van der Waals surface area contributed by atoms with E-state index >= 15 is 0 Å². The van der Waals surface area contributed by atoms with Crippen LogP contribution in [-0.2, 0) is 10.1 Å². The molecule has 1 aliphatic rings. The summed E-state index contributed by atoms with van der Waals surface area (Å²) in [6.07, 6.45) is 0.171. The number of rotatable bonds is 4. The quantitative estimate of drug-likeness (QED) is 0.461. The van der Waals surface area contributed by atoms with Crippen LogP contribution in [-0.4, -0.2) is 23.3 Å². The van der Waals surface area contributed by atoms with Gasteiger partial charge in [-0.3, -0.25) is 4.55 Å². The molecule has 0 amide bonds. The van der Waals surface area contributed by atoms with Crippen molar-refractivity contribution < 1.29 is 17.7 Å². The Kier molecular flexibility index (Phi) is 4.74. The number of hydrogen-bond acceptors (Lipinski definition) is 5. The van der Waals surface area contributed by atoms with E-state index in [9.17, 15) is 13.0 Å². The van der Waals surface area contributed by atoms with Gasteiger partial charge in [0.15, 0.2) is 16.9 Å². The highest BCUT2D eigenvalue weighted by molar-refractivity contribution is 7.86. The number of ether oxygens (including phenoxy) is 1. The standard InChI is InChI=1S/C20H17ClN2O4S/c1-2-19(28(24,25)26)23-15-9-3-4-10-16(15)27-17-11-5-7-13(20(17)23)14-8-6-12-18(21)22-14/h3-12,19H,2H2,1H3,(H,24,25,26). The first-order valence-electron chi connectivity index (χ1n) is 8.68. The Morgan fingerprint density at radius 1 is 1.07 bits per heavy atom. The van der Waals surface area contributed by atoms with Crippen LogP contribution in [0.3, 0.4) is 0 Å². The van der Waals surface area contributed by atoms with Gasteiger partial charge in [-0.25, -0.2) is 4.98 Å². The summed E-state index contributed by atoms with van der Waals surface area (Å²) in [7, 11) is -4.38. The van der Waals surface area contributed by atoms with Crippen LogP contribution in [0.1, 0.15) is 13.3 Å². The lowest BCUT2D eigenvalue weighted by Crippen LogP contribution is -2.39. The molecular formula is C20H17ClN2O4S. The zero-order chi connectivity index (χ0) is 19.9. The summed E-state index contributed by atoms with van der Waals surface area (Å²) in [6.45, 7) is 1.70. The van der Waals surface area contributed by atoms with Gasteiger partial charge in [0.1, 0.15) is 5.15 Å². The molecule has 1 unspecified atom stereocenters. The number of hydrogen-bond donors (Lipinski definition) is 1. The van der Waals surface area contributed by atoms with Crippen molar-refractivity contribution in [3.8, 4) is 22.8 Å². The monoisotopic (exact) mass is 416 g/mol. The number of halogens is 1. The average Bonchev–Trinajstić information content (AvgIpc) is 2.66. The number of aromatic nitrogens is 1. The molecule has 0 radical (unpaired) electrons. The molecule has 0 fully saturated rings. The van der Waals surface area contributed by atoms with Crippen LogP contribution in [0, 0.1) is 0 Å². The summed E-state index contributed by atoms with van der Waals surface area (Å²) in [5, 5.41) is -0.864. The molecule has 0 spiro atoms. The lowest BCUT2D eigenvalue weighted by Gasteiger charge is -2.37. The van der Waals surface area contributed by atoms with Gasteiger partial charge < -0.3 is 9.64 Å². The smallest absolute Gasteiger partial charge is 0.286 e. The minimum Gasteiger partial charge on any atom is -0.453 e. The fourth-order valence-corrected chi connectivity index (χ4v) is 4.50. The van der Waals surface area contributed by atoms with Gasteiger partial charge in [0.25, 0.3) is 10.1 Å². The van der Waals surface area contributed by atoms with E-state index in [4.69, 9.17) is 16.3 Å². The minimum atomic E-state index is -4.38. The number of nitrogens with zero attached hydrogens (tertiary/aromatic N) is 2. The van der Waals surface area contributed by atoms with Crippen LogP contribution in [0.25, 0.3) is 11.3 Å². The molecule has 0 saturated carbocycles. The van der Waals surface area contributed by atoms with Crippen molar-refractivity contribution in [2.24, 2.45) is 0 Å². The summed E-state index contributed by atoms with van der Waals surface area (Å²) in [4.78, 5) is 5.96. The molecule has 0 saturated heterocycles. The zero-order valence-corrected chi connectivity index (χ0v) is 16.5. The minimum absolute atomic E-state index is 0.171. The van der Waals surface area contributed by atoms with Gasteiger partial charge in [-0.05, 0) is 36.8 Å². The van der Waals surface area contributed by atoms with E-state index in [2.05, 4.69) is 4.98 Å². The van der Waals surface area contributed by atoms with E-state index in [0.717, 1.165) is 0 Å². The van der Waals surface area contributed by atoms with Crippen molar-refractivity contribution in [3.05, 3.63) is 65.8 Å². The second-order valence-electron chi connectivity index (χ2n) is 6.32. The highest BCUT2D eigenvalue weighted by atomic mass is 35.5. The Morgan fingerprint density at radius 2 is 1.79 bits per heavy atom. The van der Waals surface area contributed by atoms with Gasteiger partial charge in [0.05, 0.1) is 17.1 Å². The topological polar surface area (TPSA) is 79.7 Å². The van der Waals surface area contributed by atoms with Crippen LogP contribution in [0.2, 0.25) is 5.15 Å². The Hall–Kier alpha value is -2.61. The Bertz CT molecular complexity index is 1150. The van der Waals surface area contributed by atoms with Crippen molar-refractivity contribution in [2.45, 2.75) is 18.7 Å². The molecular weight excluding hydrogens is 400 g/mol. The largest absolute Gasteiger partial charge is 0.453 e. The number of anilines is 2. The van der Waals surface area contributed by atoms with Crippen molar-refractivity contribution in [3.63, 3.8) is 0 Å². The summed E-state index contributed by atoms with van der Waals surface area (Å²) in [6, 6.07) is 17.7. The fourth-order valence-electron chi connectivity index (χ4n) is 3.43. The summed E-state index contributed by atoms with van der Waals surface area (Å²) < 4.78 is 40.4. The van der Waals surface area contributed by atoms with Crippen molar-refractivity contribution in [2.75, 3.05) is 4.90 Å². The van der Waals surface area contributed by atoms with Gasteiger partial charge in [0, 0.05) is 5.56 Å². The van der Waals surface area contributed by atoms with E-state index in [1.165, 1.54) is 0 Å². The number of pyridine rings is 1. The van der Waals surface area contributed by atoms with E-state index < -0.39 is 15.5 Å². The maximum Gasteiger partial charge on any atom is 0.286 e. The van der Waals surface area contributed by atoms with Crippen LogP contribution in [0.4, 0.5) is 11.4 Å². The first-order chi connectivity index (χ1) is 13.4. The molecule has 1 atom stereocenters. The number of para-hydroxylation sites is 3. The highest BCUT2D eigenvalue weighted by Crippen LogP contribution is 2.52. The normalized spacial score (nSPS) is 14.0. The van der Waals surface area contributed by atoms with Gasteiger partial charge in [-0.1, -0.05) is 48.9 Å². The maximum atomic E-state index is 12.2. The summed E-state index contributed by atoms with van der Waals surface area (Å²) >= 11 is 6.07. The van der Waals surface area contributed by atoms with E-state index in [0.29, 0.717) is 39.3 Å². The van der Waals surface area contributed by atoms with Gasteiger partial charge in [-0.15, -0.1) is 0 Å². The first kappa shape index (κ1) is 18.7. The average molecular weight is 417 g/mol. The molecule has 2 heterocycles. The first-order valence-corrected chi connectivity index (χ1v) is 10.6. The molecule has 1 aromatic heterocycles. The molecule has 6 nitrogen and oxygen atoms in total. The fraction of sp³-hybridized carbons (Fsp3) is 0.150. The van der Waals surface area contributed by atoms with Gasteiger partial charge in [-0.2, -0.15) is 8.42 Å². The molecule has 1 aliphatic heterocycles.